The predicted octanol–water partition coefficient (Wildman–Crippen LogP) is 4.13. The molecule has 0 aliphatic carbocycles. The number of carbonyl (C=O) groups is 1. The van der Waals surface area contributed by atoms with Crippen LogP contribution in [0.3, 0.4) is 0 Å². The third kappa shape index (κ3) is 3.73. The summed E-state index contributed by atoms with van der Waals surface area (Å²) in [5.41, 5.74) is 2.91. The first kappa shape index (κ1) is 18.0. The van der Waals surface area contributed by atoms with Crippen molar-refractivity contribution in [1.82, 2.24) is 10.3 Å². The van der Waals surface area contributed by atoms with Gasteiger partial charge in [0.15, 0.2) is 0 Å². The van der Waals surface area contributed by atoms with E-state index in [2.05, 4.69) is 10.3 Å². The van der Waals surface area contributed by atoms with Crippen LogP contribution in [0.5, 0.6) is 5.75 Å². The summed E-state index contributed by atoms with van der Waals surface area (Å²) < 4.78 is 10.7. The van der Waals surface area contributed by atoms with Crippen LogP contribution in [0.4, 0.5) is 0 Å². The number of hydrogen-bond acceptors (Lipinski definition) is 4. The molecule has 5 nitrogen and oxygen atoms in total. The van der Waals surface area contributed by atoms with E-state index >= 15 is 0 Å². The lowest BCUT2D eigenvalue weighted by atomic mass is 10.0. The summed E-state index contributed by atoms with van der Waals surface area (Å²) >= 11 is 0. The van der Waals surface area contributed by atoms with Crippen LogP contribution in [-0.4, -0.2) is 24.7 Å². The number of methoxy groups -OCH3 is 1. The molecule has 0 saturated carbocycles. The standard InChI is InChI=1S/C21H24N2O3/c1-4-26-21(24)20(23-14(2)15-8-6-5-7-9-15)18-13-22-19-11-10-16(25-3)12-17(18)19/h5-14,20,22-23H,4H2,1-3H3/t14-,20?/m1/s1. The third-order valence-electron chi connectivity index (χ3n) is 4.47. The van der Waals surface area contributed by atoms with Crippen molar-refractivity contribution in [3.05, 3.63) is 65.9 Å². The highest BCUT2D eigenvalue weighted by molar-refractivity contribution is 5.90. The molecule has 1 heterocycles. The molecule has 0 amide bonds. The largest absolute Gasteiger partial charge is 0.497 e. The molecule has 136 valence electrons. The number of esters is 1. The maximum atomic E-state index is 12.7. The Balaban J connectivity index is 1.97. The molecule has 3 aromatic rings. The zero-order valence-corrected chi connectivity index (χ0v) is 15.3. The molecule has 2 aromatic carbocycles. The number of rotatable bonds is 7. The van der Waals surface area contributed by atoms with E-state index in [0.29, 0.717) is 6.61 Å². The molecule has 0 aliphatic heterocycles. The summed E-state index contributed by atoms with van der Waals surface area (Å²) in [5, 5.41) is 4.35. The van der Waals surface area contributed by atoms with Crippen LogP contribution in [0.25, 0.3) is 10.9 Å². The van der Waals surface area contributed by atoms with E-state index in [1.165, 1.54) is 0 Å². The van der Waals surface area contributed by atoms with Crippen LogP contribution < -0.4 is 10.1 Å². The highest BCUT2D eigenvalue weighted by atomic mass is 16.5. The Kier molecular flexibility index (Phi) is 5.58. The van der Waals surface area contributed by atoms with Crippen molar-refractivity contribution in [1.29, 1.82) is 0 Å². The first-order chi connectivity index (χ1) is 12.6. The Labute approximate surface area is 153 Å². The maximum absolute atomic E-state index is 12.7. The minimum absolute atomic E-state index is 0.0128. The summed E-state index contributed by atoms with van der Waals surface area (Å²) in [6, 6.07) is 15.2. The first-order valence-corrected chi connectivity index (χ1v) is 8.76. The van der Waals surface area contributed by atoms with E-state index < -0.39 is 6.04 Å². The van der Waals surface area contributed by atoms with Crippen LogP contribution in [0, 0.1) is 0 Å². The average Bonchev–Trinajstić information content (AvgIpc) is 3.09. The van der Waals surface area contributed by atoms with Crippen molar-refractivity contribution >= 4 is 16.9 Å². The molecule has 5 heteroatoms. The van der Waals surface area contributed by atoms with Crippen LogP contribution in [0.2, 0.25) is 0 Å². The average molecular weight is 352 g/mol. The lowest BCUT2D eigenvalue weighted by molar-refractivity contribution is -0.146. The van der Waals surface area contributed by atoms with Crippen molar-refractivity contribution in [2.75, 3.05) is 13.7 Å². The Hall–Kier alpha value is -2.79. The number of ether oxygens (including phenoxy) is 2. The van der Waals surface area contributed by atoms with Crippen LogP contribution in [0.1, 0.15) is 37.1 Å². The fraction of sp³-hybridized carbons (Fsp3) is 0.286. The van der Waals surface area contributed by atoms with E-state index in [1.807, 2.05) is 68.6 Å². The molecule has 0 bridgehead atoms. The number of H-pyrrole nitrogens is 1. The highest BCUT2D eigenvalue weighted by Gasteiger charge is 2.27. The van der Waals surface area contributed by atoms with Gasteiger partial charge >= 0.3 is 5.97 Å². The fourth-order valence-corrected chi connectivity index (χ4v) is 3.09. The zero-order chi connectivity index (χ0) is 18.5. The molecule has 2 N–H and O–H groups in total. The van der Waals surface area contributed by atoms with Crippen LogP contribution in [-0.2, 0) is 9.53 Å². The topological polar surface area (TPSA) is 63.3 Å². The Morgan fingerprint density at radius 3 is 2.65 bits per heavy atom. The molecule has 0 aliphatic rings. The molecule has 26 heavy (non-hydrogen) atoms. The summed E-state index contributed by atoms with van der Waals surface area (Å²) in [7, 11) is 1.63. The monoisotopic (exact) mass is 352 g/mol. The first-order valence-electron chi connectivity index (χ1n) is 8.76. The van der Waals surface area contributed by atoms with Crippen molar-refractivity contribution in [2.24, 2.45) is 0 Å². The van der Waals surface area contributed by atoms with Gasteiger partial charge in [0.25, 0.3) is 0 Å². The summed E-state index contributed by atoms with van der Waals surface area (Å²) in [5.74, 6) is 0.455. The number of benzene rings is 2. The van der Waals surface area contributed by atoms with E-state index in [4.69, 9.17) is 9.47 Å². The fourth-order valence-electron chi connectivity index (χ4n) is 3.09. The van der Waals surface area contributed by atoms with Gasteiger partial charge in [0.1, 0.15) is 11.8 Å². The van der Waals surface area contributed by atoms with Gasteiger partial charge < -0.3 is 14.5 Å². The number of hydrogen-bond donors (Lipinski definition) is 2. The number of nitrogens with one attached hydrogen (secondary N) is 2. The van der Waals surface area contributed by atoms with Gasteiger partial charge in [0.2, 0.25) is 0 Å². The van der Waals surface area contributed by atoms with Gasteiger partial charge in [0, 0.05) is 28.7 Å². The van der Waals surface area contributed by atoms with Crippen molar-refractivity contribution in [2.45, 2.75) is 25.9 Å². The smallest absolute Gasteiger partial charge is 0.327 e. The molecule has 0 fully saturated rings. The van der Waals surface area contributed by atoms with Crippen molar-refractivity contribution in [3.8, 4) is 5.75 Å². The molecule has 1 aromatic heterocycles. The summed E-state index contributed by atoms with van der Waals surface area (Å²) in [4.78, 5) is 15.9. The quantitative estimate of drug-likeness (QED) is 0.628. The highest BCUT2D eigenvalue weighted by Crippen LogP contribution is 2.30. The van der Waals surface area contributed by atoms with Gasteiger partial charge in [-0.2, -0.15) is 0 Å². The summed E-state index contributed by atoms with van der Waals surface area (Å²) in [6.45, 7) is 4.19. The SMILES string of the molecule is CCOC(=O)C(N[C@H](C)c1ccccc1)c1c[nH]c2ccc(OC)cc12. The number of carbonyl (C=O) groups excluding carboxylic acids is 1. The number of aromatic nitrogens is 1. The molecule has 2 atom stereocenters. The lowest BCUT2D eigenvalue weighted by Gasteiger charge is -2.22. The molecular weight excluding hydrogens is 328 g/mol. The van der Waals surface area contributed by atoms with Crippen molar-refractivity contribution in [3.63, 3.8) is 0 Å². The zero-order valence-electron chi connectivity index (χ0n) is 15.3. The second-order valence-electron chi connectivity index (χ2n) is 6.14. The van der Waals surface area contributed by atoms with Gasteiger partial charge in [-0.05, 0) is 37.6 Å². The molecule has 0 saturated heterocycles. The molecular formula is C21H24N2O3. The molecule has 1 unspecified atom stereocenters. The van der Waals surface area contributed by atoms with Gasteiger partial charge in [-0.15, -0.1) is 0 Å². The number of fused-ring (bicyclic) bond motifs is 1. The van der Waals surface area contributed by atoms with Gasteiger partial charge in [0.05, 0.1) is 13.7 Å². The summed E-state index contributed by atoms with van der Waals surface area (Å²) in [6.07, 6.45) is 1.86. The molecule has 3 rings (SSSR count). The van der Waals surface area contributed by atoms with Crippen LogP contribution in [0.15, 0.2) is 54.7 Å². The van der Waals surface area contributed by atoms with Gasteiger partial charge in [-0.1, -0.05) is 30.3 Å². The van der Waals surface area contributed by atoms with E-state index in [-0.39, 0.29) is 12.0 Å². The van der Waals surface area contributed by atoms with Crippen molar-refractivity contribution < 1.29 is 14.3 Å². The molecule has 0 spiro atoms. The van der Waals surface area contributed by atoms with E-state index in [1.54, 1.807) is 7.11 Å². The predicted molar refractivity (Wildman–Crippen MR) is 102 cm³/mol. The Bertz CT molecular complexity index is 873. The number of aromatic amines is 1. The molecule has 0 radical (unpaired) electrons. The normalized spacial score (nSPS) is 13.3. The minimum Gasteiger partial charge on any atom is -0.497 e. The second-order valence-corrected chi connectivity index (χ2v) is 6.14. The van der Waals surface area contributed by atoms with Gasteiger partial charge in [-0.3, -0.25) is 5.32 Å². The van der Waals surface area contributed by atoms with E-state index in [9.17, 15) is 4.79 Å². The Morgan fingerprint density at radius 2 is 1.96 bits per heavy atom. The van der Waals surface area contributed by atoms with Crippen LogP contribution >= 0.6 is 0 Å². The Morgan fingerprint density at radius 1 is 1.19 bits per heavy atom. The third-order valence-corrected chi connectivity index (χ3v) is 4.47. The lowest BCUT2D eigenvalue weighted by Crippen LogP contribution is -2.32. The second kappa shape index (κ2) is 8.06. The van der Waals surface area contributed by atoms with E-state index in [0.717, 1.165) is 27.8 Å². The maximum Gasteiger partial charge on any atom is 0.327 e. The van der Waals surface area contributed by atoms with Gasteiger partial charge in [-0.25, -0.2) is 4.79 Å². The minimum atomic E-state index is -0.578.